The van der Waals surface area contributed by atoms with Gasteiger partial charge in [-0.25, -0.2) is 0 Å². The number of hydrogen-bond donors (Lipinski definition) is 0. The van der Waals surface area contributed by atoms with E-state index in [1.165, 1.54) is 11.4 Å². The van der Waals surface area contributed by atoms with E-state index in [0.29, 0.717) is 6.61 Å². The Bertz CT molecular complexity index is 466. The fourth-order valence-corrected chi connectivity index (χ4v) is 7.42. The Morgan fingerprint density at radius 2 is 1.80 bits per heavy atom. The van der Waals surface area contributed by atoms with Crippen LogP contribution in [0.5, 0.6) is 5.75 Å². The molecule has 0 radical (unpaired) electrons. The SMILES string of the molecule is CCOP(=S)(Oc1ccccc1)SC(=S)N(CC)CC. The first-order chi connectivity index (χ1) is 9.54. The minimum Gasteiger partial charge on any atom is -0.436 e. The Kier molecular flexibility index (Phi) is 8.07. The molecule has 0 aliphatic heterocycles. The maximum Gasteiger partial charge on any atom is 0.304 e. The molecule has 1 unspecified atom stereocenters. The molecule has 1 atom stereocenters. The largest absolute Gasteiger partial charge is 0.436 e. The molecular formula is C13H20NO2PS3. The molecule has 0 fully saturated rings. The van der Waals surface area contributed by atoms with Crippen LogP contribution in [0, 0.1) is 0 Å². The van der Waals surface area contributed by atoms with Crippen molar-refractivity contribution in [3.63, 3.8) is 0 Å². The third kappa shape index (κ3) is 5.70. The van der Waals surface area contributed by atoms with Gasteiger partial charge in [0, 0.05) is 24.5 Å². The van der Waals surface area contributed by atoms with Crippen LogP contribution in [0.3, 0.4) is 0 Å². The van der Waals surface area contributed by atoms with Gasteiger partial charge in [0.05, 0.1) is 6.61 Å². The molecule has 0 saturated heterocycles. The third-order valence-electron chi connectivity index (χ3n) is 2.46. The molecule has 20 heavy (non-hydrogen) atoms. The second-order valence-electron chi connectivity index (χ2n) is 3.80. The van der Waals surface area contributed by atoms with Crippen LogP contribution in [0.25, 0.3) is 0 Å². The topological polar surface area (TPSA) is 21.7 Å². The van der Waals surface area contributed by atoms with Gasteiger partial charge in [-0.2, -0.15) is 0 Å². The molecule has 1 aromatic rings. The first-order valence-corrected chi connectivity index (χ1v) is 11.0. The summed E-state index contributed by atoms with van der Waals surface area (Å²) in [4.78, 5) is 2.08. The van der Waals surface area contributed by atoms with Crippen LogP contribution in [-0.4, -0.2) is 28.9 Å². The molecule has 7 heteroatoms. The summed E-state index contributed by atoms with van der Waals surface area (Å²) in [6.07, 6.45) is 0. The number of para-hydroxylation sites is 1. The molecule has 0 bridgehead atoms. The molecule has 0 aromatic heterocycles. The van der Waals surface area contributed by atoms with Crippen molar-refractivity contribution in [2.45, 2.75) is 20.8 Å². The molecule has 0 spiro atoms. The van der Waals surface area contributed by atoms with E-state index < -0.39 is 5.69 Å². The van der Waals surface area contributed by atoms with Gasteiger partial charge >= 0.3 is 5.69 Å². The van der Waals surface area contributed by atoms with Crippen LogP contribution in [0.1, 0.15) is 20.8 Å². The Hall–Kier alpha value is -0.130. The van der Waals surface area contributed by atoms with Crippen molar-refractivity contribution in [3.05, 3.63) is 30.3 Å². The minimum absolute atomic E-state index is 0.512. The van der Waals surface area contributed by atoms with Crippen LogP contribution < -0.4 is 4.52 Å². The summed E-state index contributed by atoms with van der Waals surface area (Å²) in [6.45, 7) is 8.27. The van der Waals surface area contributed by atoms with E-state index >= 15 is 0 Å². The fourth-order valence-electron chi connectivity index (χ4n) is 1.48. The smallest absolute Gasteiger partial charge is 0.304 e. The lowest BCUT2D eigenvalue weighted by Gasteiger charge is -2.26. The molecule has 112 valence electrons. The van der Waals surface area contributed by atoms with E-state index in [2.05, 4.69) is 18.7 Å². The van der Waals surface area contributed by atoms with Gasteiger partial charge in [0.25, 0.3) is 0 Å². The van der Waals surface area contributed by atoms with Crippen LogP contribution >= 0.6 is 29.3 Å². The Morgan fingerprint density at radius 3 is 2.30 bits per heavy atom. The van der Waals surface area contributed by atoms with E-state index in [0.717, 1.165) is 23.2 Å². The van der Waals surface area contributed by atoms with Gasteiger partial charge in [0.15, 0.2) is 0 Å². The van der Waals surface area contributed by atoms with E-state index in [1.807, 2.05) is 37.3 Å². The lowest BCUT2D eigenvalue weighted by atomic mass is 10.3. The highest BCUT2D eigenvalue weighted by Gasteiger charge is 2.25. The zero-order valence-corrected chi connectivity index (χ0v) is 15.3. The lowest BCUT2D eigenvalue weighted by molar-refractivity contribution is 0.344. The van der Waals surface area contributed by atoms with Gasteiger partial charge in [-0.3, -0.25) is 0 Å². The van der Waals surface area contributed by atoms with Gasteiger partial charge in [0.2, 0.25) is 0 Å². The molecule has 1 rings (SSSR count). The van der Waals surface area contributed by atoms with Crippen molar-refractivity contribution in [1.82, 2.24) is 4.90 Å². The summed E-state index contributed by atoms with van der Waals surface area (Å²) < 4.78 is 12.3. The number of rotatable bonds is 7. The van der Waals surface area contributed by atoms with Crippen LogP contribution in [-0.2, 0) is 16.3 Å². The van der Waals surface area contributed by atoms with Gasteiger partial charge < -0.3 is 13.9 Å². The highest BCUT2D eigenvalue weighted by molar-refractivity contribution is 8.75. The van der Waals surface area contributed by atoms with Crippen LogP contribution in [0.4, 0.5) is 0 Å². The number of hydrogen-bond acceptors (Lipinski definition) is 5. The number of nitrogens with zero attached hydrogens (tertiary/aromatic N) is 1. The Labute approximate surface area is 135 Å². The fraction of sp³-hybridized carbons (Fsp3) is 0.462. The quantitative estimate of drug-likeness (QED) is 0.522. The molecule has 0 aliphatic rings. The first kappa shape index (κ1) is 17.9. The average Bonchev–Trinajstić information content (AvgIpc) is 2.41. The van der Waals surface area contributed by atoms with E-state index in [9.17, 15) is 0 Å². The average molecular weight is 349 g/mol. The molecular weight excluding hydrogens is 329 g/mol. The molecule has 1 aromatic carbocycles. The molecule has 0 saturated carbocycles. The zero-order valence-electron chi connectivity index (χ0n) is 11.9. The minimum atomic E-state index is -2.51. The third-order valence-corrected chi connectivity index (χ3v) is 7.92. The van der Waals surface area contributed by atoms with Gasteiger partial charge in [0.1, 0.15) is 10.1 Å². The van der Waals surface area contributed by atoms with Crippen molar-refractivity contribution < 1.29 is 9.05 Å². The molecule has 3 nitrogen and oxygen atoms in total. The molecule has 0 amide bonds. The summed E-state index contributed by atoms with van der Waals surface area (Å²) >= 11 is 12.4. The Morgan fingerprint density at radius 1 is 1.20 bits per heavy atom. The van der Waals surface area contributed by atoms with Crippen molar-refractivity contribution in [2.24, 2.45) is 0 Å². The standard InChI is InChI=1S/C13H20NO2PS3/c1-4-14(5-2)13(18)20-17(19,15-6-3)16-12-10-8-7-9-11-12/h7-11H,4-6H2,1-3H3. The first-order valence-electron chi connectivity index (χ1n) is 6.52. The lowest BCUT2D eigenvalue weighted by Crippen LogP contribution is -2.26. The Balaban J connectivity index is 2.81. The predicted molar refractivity (Wildman–Crippen MR) is 96.1 cm³/mol. The van der Waals surface area contributed by atoms with E-state index in [1.54, 1.807) is 0 Å². The summed E-state index contributed by atoms with van der Waals surface area (Å²) in [6, 6.07) is 9.51. The molecule has 0 aliphatic carbocycles. The highest BCUT2D eigenvalue weighted by Crippen LogP contribution is 2.61. The summed E-state index contributed by atoms with van der Waals surface area (Å²) in [5.41, 5.74) is -2.51. The maximum atomic E-state index is 5.90. The van der Waals surface area contributed by atoms with Gasteiger partial charge in [-0.15, -0.1) is 0 Å². The van der Waals surface area contributed by atoms with Crippen molar-refractivity contribution in [2.75, 3.05) is 19.7 Å². The normalized spacial score (nSPS) is 13.6. The monoisotopic (exact) mass is 349 g/mol. The maximum absolute atomic E-state index is 5.90. The summed E-state index contributed by atoms with van der Waals surface area (Å²) in [5, 5.41) is 0. The number of benzene rings is 1. The molecule has 0 heterocycles. The number of thiocarbonyl (C=S) groups is 1. The predicted octanol–water partition coefficient (Wildman–Crippen LogP) is 4.69. The van der Waals surface area contributed by atoms with E-state index in [4.69, 9.17) is 33.1 Å². The van der Waals surface area contributed by atoms with Crippen molar-refractivity contribution in [1.29, 1.82) is 0 Å². The van der Waals surface area contributed by atoms with Crippen LogP contribution in [0.15, 0.2) is 30.3 Å². The van der Waals surface area contributed by atoms with Gasteiger partial charge in [-0.05, 0) is 44.7 Å². The van der Waals surface area contributed by atoms with Gasteiger partial charge in [-0.1, -0.05) is 30.4 Å². The summed E-state index contributed by atoms with van der Waals surface area (Å²) in [5.74, 6) is 0.721. The second kappa shape index (κ2) is 9.00. The second-order valence-corrected chi connectivity index (χ2v) is 10.5. The van der Waals surface area contributed by atoms with Crippen molar-refractivity contribution >= 4 is 45.4 Å². The van der Waals surface area contributed by atoms with E-state index in [-0.39, 0.29) is 0 Å². The zero-order chi connectivity index (χ0) is 15.0. The van der Waals surface area contributed by atoms with Crippen molar-refractivity contribution in [3.8, 4) is 5.75 Å². The molecule has 0 N–H and O–H groups in total. The highest BCUT2D eigenvalue weighted by atomic mass is 32.9. The van der Waals surface area contributed by atoms with Crippen LogP contribution in [0.2, 0.25) is 0 Å². The summed E-state index contributed by atoms with van der Waals surface area (Å²) in [7, 11) is 0.